The minimum absolute atomic E-state index is 0. The number of carboxylic acid groups (broad SMARTS) is 4. The van der Waals surface area contributed by atoms with Crippen LogP contribution in [0.25, 0.3) is 0 Å². The van der Waals surface area contributed by atoms with Gasteiger partial charge in [-0.05, 0) is 27.7 Å². The Labute approximate surface area is 150 Å². The van der Waals surface area contributed by atoms with Crippen molar-refractivity contribution in [2.75, 3.05) is 13.1 Å². The molecule has 0 aliphatic carbocycles. The van der Waals surface area contributed by atoms with Crippen molar-refractivity contribution in [2.45, 2.75) is 27.7 Å². The van der Waals surface area contributed by atoms with Crippen LogP contribution in [-0.2, 0) is 36.2 Å². The zero-order chi connectivity index (χ0) is 17.7. The van der Waals surface area contributed by atoms with Gasteiger partial charge in [0.1, 0.15) is 0 Å². The molecule has 1 radical (unpaired) electrons. The van der Waals surface area contributed by atoms with Gasteiger partial charge in [-0.25, -0.2) is 0 Å². The Morgan fingerprint density at radius 1 is 0.625 bits per heavy atom. The molecule has 0 amide bonds. The summed E-state index contributed by atoms with van der Waals surface area (Å²) in [4.78, 5) is 35.6. The van der Waals surface area contributed by atoms with Crippen molar-refractivity contribution in [1.29, 1.82) is 0 Å². The van der Waals surface area contributed by atoms with E-state index in [0.29, 0.717) is 13.1 Å². The van der Waals surface area contributed by atoms with Gasteiger partial charge in [0.05, 0.1) is 0 Å². The number of aliphatic carboxylic acids is 4. The Kier molecular flexibility index (Phi) is 139. The first-order valence-corrected chi connectivity index (χ1v) is 4.95. The average Bonchev–Trinajstić information content (AvgIpc) is 2.13. The number of hydrogen-bond donors (Lipinski definition) is 3. The van der Waals surface area contributed by atoms with E-state index in [0.717, 1.165) is 27.7 Å². The number of carbonyl (C=O) groups excluding carboxylic acids is 4. The molecule has 12 N–H and O–H groups in total. The van der Waals surface area contributed by atoms with Gasteiger partial charge in [-0.3, -0.25) is 0 Å². The average molecular weight is 406 g/mol. The van der Waals surface area contributed by atoms with E-state index in [1.54, 1.807) is 0 Å². The van der Waals surface area contributed by atoms with Crippen molar-refractivity contribution in [2.24, 2.45) is 11.5 Å². The molecule has 0 atom stereocenters. The van der Waals surface area contributed by atoms with E-state index in [2.05, 4.69) is 0 Å². The quantitative estimate of drug-likeness (QED) is 0.345. The zero-order valence-electron chi connectivity index (χ0n) is 14.2. The number of nitrogens with two attached hydrogens (primary N) is 2. The molecule has 14 heteroatoms. The van der Waals surface area contributed by atoms with Crippen LogP contribution in [0, 0.1) is 0 Å². The topological polar surface area (TPSA) is 312 Å². The number of rotatable bonds is 1. The summed E-state index contributed by atoms with van der Waals surface area (Å²) in [6, 6.07) is 0. The van der Waals surface area contributed by atoms with Crippen molar-refractivity contribution in [3.63, 3.8) is 0 Å². The first-order valence-electron chi connectivity index (χ1n) is 4.95. The van der Waals surface area contributed by atoms with E-state index in [1.807, 2.05) is 0 Å². The summed E-state index contributed by atoms with van der Waals surface area (Å²) < 4.78 is 0. The van der Waals surface area contributed by atoms with Crippen LogP contribution in [0.5, 0.6) is 0 Å². The standard InChI is InChI=1S/C2H8N2.4C2H4O2.Fe.H3N.2H2O/c3-1-2-4;4*1-2(3)4;;;;/h1-4H2;4*1H3,(H,3,4);;1H3;2*1H2/q;;;;;+3;;;/p-3. The molecule has 0 aromatic rings. The van der Waals surface area contributed by atoms with Crippen molar-refractivity contribution in [3.05, 3.63) is 0 Å². The van der Waals surface area contributed by atoms with Gasteiger partial charge >= 0.3 is 17.1 Å². The smallest absolute Gasteiger partial charge is 0.550 e. The van der Waals surface area contributed by atoms with Gasteiger partial charge in [0.15, 0.2) is 0 Å². The predicted octanol–water partition coefficient (Wildman–Crippen LogP) is -7.35. The second-order valence-electron chi connectivity index (χ2n) is 2.54. The van der Waals surface area contributed by atoms with E-state index in [-0.39, 0.29) is 34.2 Å². The second kappa shape index (κ2) is 58.1. The number of hydrogen-bond acceptors (Lipinski definition) is 10. The summed E-state index contributed by atoms with van der Waals surface area (Å²) in [5.41, 5.74) is 9.81. The third-order valence-corrected chi connectivity index (χ3v) is 0.167. The van der Waals surface area contributed by atoms with E-state index < -0.39 is 23.9 Å². The normalized spacial score (nSPS) is 5.42. The molecule has 0 aromatic heterocycles. The molecule has 0 heterocycles. The molecular formula is C10H28FeN3O10. The van der Waals surface area contributed by atoms with Crippen LogP contribution < -0.4 is 38.0 Å². The minimum atomic E-state index is -1.08. The van der Waals surface area contributed by atoms with Crippen LogP contribution in [0.15, 0.2) is 0 Å². The van der Waals surface area contributed by atoms with Crippen LogP contribution in [0.1, 0.15) is 27.7 Å². The molecule has 0 spiro atoms. The summed E-state index contributed by atoms with van der Waals surface area (Å²) in [5.74, 6) is -4.33. The maximum Gasteiger partial charge on any atom is 3.00 e. The molecule has 13 nitrogen and oxygen atoms in total. The number of carboxylic acids is 4. The van der Waals surface area contributed by atoms with E-state index in [1.165, 1.54) is 0 Å². The third kappa shape index (κ3) is 11600. The molecule has 0 fully saturated rings. The summed E-state index contributed by atoms with van der Waals surface area (Å²) in [5, 5.41) is 35.6. The fraction of sp³-hybridized carbons (Fsp3) is 0.600. The molecule has 0 unspecified atom stereocenters. The van der Waals surface area contributed by atoms with Crippen LogP contribution in [-0.4, -0.2) is 47.9 Å². The second-order valence-corrected chi connectivity index (χ2v) is 2.54. The molecule has 151 valence electrons. The van der Waals surface area contributed by atoms with Crippen molar-refractivity contribution in [1.82, 2.24) is 6.15 Å². The van der Waals surface area contributed by atoms with E-state index in [9.17, 15) is 0 Å². The summed E-state index contributed by atoms with van der Waals surface area (Å²) in [6.45, 7) is 5.08. The Bertz CT molecular complexity index is 201. The SMILES string of the molecule is CC(=O)[O-].CC(=O)[O-].CC(=O)[O-].CC(=O)[O-].NCCN.O.O.[Fe+3].[NH4+]. The number of carbonyl (C=O) groups is 4. The molecule has 0 aromatic carbocycles. The zero-order valence-corrected chi connectivity index (χ0v) is 15.3. The molecule has 0 rings (SSSR count). The fourth-order valence-electron chi connectivity index (χ4n) is 0. The van der Waals surface area contributed by atoms with Crippen LogP contribution >= 0.6 is 0 Å². The Morgan fingerprint density at radius 2 is 0.667 bits per heavy atom. The Hall–Kier alpha value is -1.80. The molecule has 0 saturated heterocycles. The van der Waals surface area contributed by atoms with Crippen molar-refractivity contribution in [3.8, 4) is 0 Å². The monoisotopic (exact) mass is 406 g/mol. The first-order chi connectivity index (χ1) is 8.84. The van der Waals surface area contributed by atoms with Crippen LogP contribution in [0.3, 0.4) is 0 Å². The van der Waals surface area contributed by atoms with Gasteiger partial charge in [-0.1, -0.05) is 0 Å². The molecule has 0 bridgehead atoms. The molecule has 24 heavy (non-hydrogen) atoms. The van der Waals surface area contributed by atoms with Gasteiger partial charge in [-0.2, -0.15) is 0 Å². The summed E-state index contributed by atoms with van der Waals surface area (Å²) in [6.07, 6.45) is 0. The molecule has 0 aliphatic rings. The van der Waals surface area contributed by atoms with Gasteiger partial charge < -0.3 is 68.2 Å². The van der Waals surface area contributed by atoms with Gasteiger partial charge in [0.25, 0.3) is 0 Å². The van der Waals surface area contributed by atoms with Crippen molar-refractivity contribution < 1.29 is 67.6 Å². The largest absolute Gasteiger partial charge is 3.00 e. The van der Waals surface area contributed by atoms with E-state index in [4.69, 9.17) is 51.1 Å². The minimum Gasteiger partial charge on any atom is -0.550 e. The van der Waals surface area contributed by atoms with Gasteiger partial charge in [-0.15, -0.1) is 0 Å². The molecule has 0 aliphatic heterocycles. The summed E-state index contributed by atoms with van der Waals surface area (Å²) >= 11 is 0. The van der Waals surface area contributed by atoms with E-state index >= 15 is 0 Å². The summed E-state index contributed by atoms with van der Waals surface area (Å²) in [7, 11) is 0. The third-order valence-electron chi connectivity index (χ3n) is 0.167. The maximum atomic E-state index is 8.89. The maximum absolute atomic E-state index is 8.89. The van der Waals surface area contributed by atoms with Gasteiger partial charge in [0, 0.05) is 37.0 Å². The molecule has 0 saturated carbocycles. The van der Waals surface area contributed by atoms with Gasteiger partial charge in [0.2, 0.25) is 0 Å². The van der Waals surface area contributed by atoms with Crippen molar-refractivity contribution >= 4 is 23.9 Å². The first kappa shape index (κ1) is 57.3. The van der Waals surface area contributed by atoms with Crippen LogP contribution in [0.4, 0.5) is 0 Å². The Balaban J connectivity index is -0.0000000161. The van der Waals surface area contributed by atoms with Crippen LogP contribution in [0.2, 0.25) is 0 Å². The fourth-order valence-corrected chi connectivity index (χ4v) is 0. The predicted molar refractivity (Wildman–Crippen MR) is 74.0 cm³/mol. The molecular weight excluding hydrogens is 378 g/mol. The number of quaternary nitrogens is 1. The Morgan fingerprint density at radius 3 is 0.667 bits per heavy atom.